The summed E-state index contributed by atoms with van der Waals surface area (Å²) in [5.41, 5.74) is 0. The van der Waals surface area contributed by atoms with Gasteiger partial charge in [-0.3, -0.25) is 0 Å². The highest BCUT2D eigenvalue weighted by Gasteiger charge is 2.26. The minimum atomic E-state index is 0.560. The van der Waals surface area contributed by atoms with Crippen molar-refractivity contribution in [1.29, 1.82) is 0 Å². The molecule has 1 aliphatic carbocycles. The van der Waals surface area contributed by atoms with Crippen LogP contribution in [0.15, 0.2) is 0 Å². The van der Waals surface area contributed by atoms with Crippen molar-refractivity contribution in [3.63, 3.8) is 0 Å². The predicted molar refractivity (Wildman–Crippen MR) is 37.4 cm³/mol. The molecule has 0 amide bonds. The highest BCUT2D eigenvalue weighted by atomic mass is 79.9. The molecule has 1 aliphatic rings. The van der Waals surface area contributed by atoms with Crippen LogP contribution in [0.5, 0.6) is 0 Å². The maximum Gasteiger partial charge on any atom is 0.0596 e. The van der Waals surface area contributed by atoms with Crippen molar-refractivity contribution in [1.82, 2.24) is 0 Å². The molecule has 0 aromatic heterocycles. The molecular formula is C6H11BrO. The summed E-state index contributed by atoms with van der Waals surface area (Å²) in [7, 11) is 0. The van der Waals surface area contributed by atoms with E-state index in [1.54, 1.807) is 0 Å². The lowest BCUT2D eigenvalue weighted by Crippen LogP contribution is -2.31. The van der Waals surface area contributed by atoms with Gasteiger partial charge in [-0.2, -0.15) is 0 Å². The summed E-state index contributed by atoms with van der Waals surface area (Å²) in [5.74, 6) is 0. The third kappa shape index (κ3) is 1.46. The lowest BCUT2D eigenvalue weighted by molar-refractivity contribution is 0.0151. The monoisotopic (exact) mass is 178 g/mol. The maximum absolute atomic E-state index is 5.32. The van der Waals surface area contributed by atoms with Crippen LogP contribution >= 0.6 is 15.9 Å². The molecule has 0 spiro atoms. The molecule has 0 heterocycles. The van der Waals surface area contributed by atoms with Gasteiger partial charge in [0.15, 0.2) is 0 Å². The Bertz CT molecular complexity index is 66.2. The van der Waals surface area contributed by atoms with Gasteiger partial charge in [0.1, 0.15) is 0 Å². The average Bonchev–Trinajstić information content (AvgIpc) is 1.64. The molecule has 2 heteroatoms. The van der Waals surface area contributed by atoms with Gasteiger partial charge in [0.2, 0.25) is 0 Å². The van der Waals surface area contributed by atoms with E-state index in [0.29, 0.717) is 6.10 Å². The zero-order chi connectivity index (χ0) is 5.98. The van der Waals surface area contributed by atoms with E-state index in [1.165, 1.54) is 12.8 Å². The summed E-state index contributed by atoms with van der Waals surface area (Å²) < 4.78 is 5.32. The summed E-state index contributed by atoms with van der Waals surface area (Å²) in [5, 5.41) is 0. The topological polar surface area (TPSA) is 9.23 Å². The van der Waals surface area contributed by atoms with E-state index in [9.17, 15) is 0 Å². The molecule has 0 saturated heterocycles. The number of rotatable bonds is 2. The van der Waals surface area contributed by atoms with E-state index in [2.05, 4.69) is 15.9 Å². The Morgan fingerprint density at radius 3 is 2.62 bits per heavy atom. The smallest absolute Gasteiger partial charge is 0.0596 e. The molecule has 1 rings (SSSR count). The molecule has 0 N–H and O–H groups in total. The van der Waals surface area contributed by atoms with Crippen LogP contribution < -0.4 is 0 Å². The van der Waals surface area contributed by atoms with Crippen LogP contribution in [0, 0.1) is 0 Å². The fourth-order valence-corrected chi connectivity index (χ4v) is 1.71. The molecule has 0 radical (unpaired) electrons. The fraction of sp³-hybridized carbons (Fsp3) is 1.00. The first-order valence-corrected chi connectivity index (χ1v) is 4.00. The van der Waals surface area contributed by atoms with Crippen molar-refractivity contribution < 1.29 is 4.74 Å². The van der Waals surface area contributed by atoms with Gasteiger partial charge in [0.05, 0.1) is 6.10 Å². The summed E-state index contributed by atoms with van der Waals surface area (Å²) in [6.07, 6.45) is 2.96. The van der Waals surface area contributed by atoms with Crippen molar-refractivity contribution >= 4 is 15.9 Å². The molecule has 0 aromatic rings. The van der Waals surface area contributed by atoms with Gasteiger partial charge in [-0.15, -0.1) is 0 Å². The predicted octanol–water partition coefficient (Wildman–Crippen LogP) is 1.95. The van der Waals surface area contributed by atoms with Crippen LogP contribution in [0.1, 0.15) is 19.8 Å². The van der Waals surface area contributed by atoms with E-state index in [4.69, 9.17) is 4.74 Å². The summed E-state index contributed by atoms with van der Waals surface area (Å²) in [6, 6.07) is 0. The lowest BCUT2D eigenvalue weighted by Gasteiger charge is -2.30. The third-order valence-corrected chi connectivity index (χ3v) is 2.19. The van der Waals surface area contributed by atoms with Gasteiger partial charge in [0, 0.05) is 11.4 Å². The number of ether oxygens (including phenoxy) is 1. The summed E-state index contributed by atoms with van der Waals surface area (Å²) >= 11 is 3.49. The second kappa shape index (κ2) is 2.83. The van der Waals surface area contributed by atoms with Gasteiger partial charge in [-0.1, -0.05) is 15.9 Å². The van der Waals surface area contributed by atoms with Crippen LogP contribution in [0.2, 0.25) is 0 Å². The average molecular weight is 179 g/mol. The number of hydrogen-bond donors (Lipinski definition) is 0. The Hall–Kier alpha value is 0.440. The van der Waals surface area contributed by atoms with Gasteiger partial charge in [0.25, 0.3) is 0 Å². The normalized spacial score (nSPS) is 36.8. The van der Waals surface area contributed by atoms with Gasteiger partial charge < -0.3 is 4.74 Å². The molecule has 1 saturated carbocycles. The van der Waals surface area contributed by atoms with Crippen LogP contribution in [0.4, 0.5) is 0 Å². The van der Waals surface area contributed by atoms with Crippen LogP contribution in [0.25, 0.3) is 0 Å². The first kappa shape index (κ1) is 6.56. The van der Waals surface area contributed by atoms with Gasteiger partial charge >= 0.3 is 0 Å². The number of alkyl halides is 1. The Morgan fingerprint density at radius 1 is 1.62 bits per heavy atom. The van der Waals surface area contributed by atoms with E-state index in [1.807, 2.05) is 6.92 Å². The SMILES string of the molecule is CCOC1CC(Br)C1. The van der Waals surface area contributed by atoms with Crippen LogP contribution in [0.3, 0.4) is 0 Å². The second-order valence-electron chi connectivity index (χ2n) is 2.15. The van der Waals surface area contributed by atoms with Gasteiger partial charge in [-0.25, -0.2) is 0 Å². The van der Waals surface area contributed by atoms with E-state index in [-0.39, 0.29) is 0 Å². The van der Waals surface area contributed by atoms with Crippen molar-refractivity contribution in [2.24, 2.45) is 0 Å². The minimum Gasteiger partial charge on any atom is -0.378 e. The molecule has 0 bridgehead atoms. The van der Waals surface area contributed by atoms with E-state index < -0.39 is 0 Å². The molecule has 0 unspecified atom stereocenters. The minimum absolute atomic E-state index is 0.560. The first-order chi connectivity index (χ1) is 3.83. The molecule has 0 aliphatic heterocycles. The Balaban J connectivity index is 1.98. The second-order valence-corrected chi connectivity index (χ2v) is 3.44. The van der Waals surface area contributed by atoms with Crippen molar-refractivity contribution in [3.8, 4) is 0 Å². The zero-order valence-corrected chi connectivity index (χ0v) is 6.65. The lowest BCUT2D eigenvalue weighted by atomic mass is 9.96. The molecule has 1 fully saturated rings. The fourth-order valence-electron chi connectivity index (χ4n) is 0.873. The molecule has 48 valence electrons. The summed E-state index contributed by atoms with van der Waals surface area (Å²) in [6.45, 7) is 2.91. The molecule has 1 nitrogen and oxygen atoms in total. The molecule has 0 atom stereocenters. The molecule has 8 heavy (non-hydrogen) atoms. The Kier molecular flexibility index (Phi) is 2.32. The Morgan fingerprint density at radius 2 is 2.25 bits per heavy atom. The number of hydrogen-bond acceptors (Lipinski definition) is 1. The van der Waals surface area contributed by atoms with Gasteiger partial charge in [-0.05, 0) is 19.8 Å². The third-order valence-electron chi connectivity index (χ3n) is 1.44. The van der Waals surface area contributed by atoms with Crippen molar-refractivity contribution in [3.05, 3.63) is 0 Å². The van der Waals surface area contributed by atoms with Crippen LogP contribution in [-0.4, -0.2) is 17.5 Å². The molecular weight excluding hydrogens is 168 g/mol. The summed E-state index contributed by atoms with van der Waals surface area (Å²) in [4.78, 5) is 0.735. The van der Waals surface area contributed by atoms with Crippen molar-refractivity contribution in [2.45, 2.75) is 30.7 Å². The maximum atomic E-state index is 5.32. The Labute approximate surface area is 58.5 Å². The quantitative estimate of drug-likeness (QED) is 0.588. The van der Waals surface area contributed by atoms with E-state index in [0.717, 1.165) is 11.4 Å². The standard InChI is InChI=1S/C6H11BrO/c1-2-8-6-3-5(7)4-6/h5-6H,2-4H2,1H3. The van der Waals surface area contributed by atoms with Crippen molar-refractivity contribution in [2.75, 3.05) is 6.61 Å². The van der Waals surface area contributed by atoms with E-state index >= 15 is 0 Å². The first-order valence-electron chi connectivity index (χ1n) is 3.08. The zero-order valence-electron chi connectivity index (χ0n) is 5.06. The molecule has 0 aromatic carbocycles. The highest BCUT2D eigenvalue weighted by molar-refractivity contribution is 9.09. The number of halogens is 1. The largest absolute Gasteiger partial charge is 0.378 e. The van der Waals surface area contributed by atoms with Crippen LogP contribution in [-0.2, 0) is 4.74 Å². The highest BCUT2D eigenvalue weighted by Crippen LogP contribution is 2.29.